The molecule has 3 nitrogen and oxygen atoms in total. The first-order valence-corrected chi connectivity index (χ1v) is 6.01. The smallest absolute Gasteiger partial charge is 0.168 e. The molecule has 1 heterocycles. The highest BCUT2D eigenvalue weighted by Gasteiger charge is 2.03. The standard InChI is InChI=1S/C13H11BrN2O/c1-9-6-12(8-17)16-13(15-9)7-10-2-4-11(14)5-3-10/h2-6,8H,7H2,1H3. The van der Waals surface area contributed by atoms with E-state index in [1.54, 1.807) is 6.07 Å². The van der Waals surface area contributed by atoms with Gasteiger partial charge in [0.1, 0.15) is 11.5 Å². The van der Waals surface area contributed by atoms with Gasteiger partial charge in [-0.3, -0.25) is 4.79 Å². The summed E-state index contributed by atoms with van der Waals surface area (Å²) in [5.41, 5.74) is 2.37. The lowest BCUT2D eigenvalue weighted by Crippen LogP contribution is -2.01. The van der Waals surface area contributed by atoms with Gasteiger partial charge in [-0.05, 0) is 30.7 Å². The van der Waals surface area contributed by atoms with E-state index in [-0.39, 0.29) is 0 Å². The summed E-state index contributed by atoms with van der Waals surface area (Å²) in [5, 5.41) is 0. The summed E-state index contributed by atoms with van der Waals surface area (Å²) in [6, 6.07) is 9.66. The number of nitrogens with zero attached hydrogens (tertiary/aromatic N) is 2. The van der Waals surface area contributed by atoms with Gasteiger partial charge < -0.3 is 0 Å². The average Bonchev–Trinajstić information content (AvgIpc) is 2.31. The maximum atomic E-state index is 10.7. The van der Waals surface area contributed by atoms with Crippen LogP contribution in [0.5, 0.6) is 0 Å². The minimum atomic E-state index is 0.435. The minimum Gasteiger partial charge on any atom is -0.296 e. The third-order valence-corrected chi connectivity index (χ3v) is 2.85. The molecule has 0 spiro atoms. The molecule has 0 radical (unpaired) electrons. The van der Waals surface area contributed by atoms with E-state index in [1.807, 2.05) is 31.2 Å². The van der Waals surface area contributed by atoms with Gasteiger partial charge in [0.25, 0.3) is 0 Å². The molecule has 0 fully saturated rings. The number of halogens is 1. The van der Waals surface area contributed by atoms with E-state index in [1.165, 1.54) is 0 Å². The van der Waals surface area contributed by atoms with Crippen molar-refractivity contribution in [3.05, 3.63) is 57.6 Å². The predicted molar refractivity (Wildman–Crippen MR) is 69.1 cm³/mol. The van der Waals surface area contributed by atoms with Crippen LogP contribution in [0.25, 0.3) is 0 Å². The van der Waals surface area contributed by atoms with Crippen LogP contribution in [0.1, 0.15) is 27.6 Å². The summed E-state index contributed by atoms with van der Waals surface area (Å²) < 4.78 is 1.04. The van der Waals surface area contributed by atoms with E-state index < -0.39 is 0 Å². The molecule has 1 aromatic heterocycles. The normalized spacial score (nSPS) is 10.2. The van der Waals surface area contributed by atoms with E-state index in [0.29, 0.717) is 17.9 Å². The molecule has 0 aliphatic carbocycles. The maximum absolute atomic E-state index is 10.7. The fourth-order valence-electron chi connectivity index (χ4n) is 1.58. The number of aryl methyl sites for hydroxylation is 1. The molecule has 0 bridgehead atoms. The van der Waals surface area contributed by atoms with E-state index in [0.717, 1.165) is 22.0 Å². The number of hydrogen-bond donors (Lipinski definition) is 0. The quantitative estimate of drug-likeness (QED) is 0.817. The van der Waals surface area contributed by atoms with Gasteiger partial charge in [-0.25, -0.2) is 9.97 Å². The number of hydrogen-bond acceptors (Lipinski definition) is 3. The van der Waals surface area contributed by atoms with Gasteiger partial charge in [-0.2, -0.15) is 0 Å². The Morgan fingerprint density at radius 3 is 2.59 bits per heavy atom. The molecule has 0 amide bonds. The molecule has 0 atom stereocenters. The first kappa shape index (κ1) is 11.9. The molecule has 2 aromatic rings. The molecule has 0 aliphatic heterocycles. The molecule has 86 valence electrons. The van der Waals surface area contributed by atoms with Crippen molar-refractivity contribution >= 4 is 22.2 Å². The maximum Gasteiger partial charge on any atom is 0.168 e. The Balaban J connectivity index is 2.26. The van der Waals surface area contributed by atoms with Crippen LogP contribution in [-0.2, 0) is 6.42 Å². The van der Waals surface area contributed by atoms with E-state index in [4.69, 9.17) is 0 Å². The number of benzene rings is 1. The number of carbonyl (C=O) groups excluding carboxylic acids is 1. The molecular formula is C13H11BrN2O. The van der Waals surface area contributed by atoms with Crippen molar-refractivity contribution in [2.75, 3.05) is 0 Å². The van der Waals surface area contributed by atoms with Crippen LogP contribution in [-0.4, -0.2) is 16.3 Å². The molecule has 4 heteroatoms. The molecule has 0 unspecified atom stereocenters. The fourth-order valence-corrected chi connectivity index (χ4v) is 1.84. The van der Waals surface area contributed by atoms with Crippen LogP contribution in [0.2, 0.25) is 0 Å². The van der Waals surface area contributed by atoms with Crippen LogP contribution in [0.3, 0.4) is 0 Å². The molecule has 17 heavy (non-hydrogen) atoms. The third-order valence-electron chi connectivity index (χ3n) is 2.32. The second-order valence-corrected chi connectivity index (χ2v) is 4.69. The van der Waals surface area contributed by atoms with Gasteiger partial charge in [0.2, 0.25) is 0 Å². The van der Waals surface area contributed by atoms with Crippen LogP contribution in [0.4, 0.5) is 0 Å². The van der Waals surface area contributed by atoms with Crippen molar-refractivity contribution in [1.29, 1.82) is 0 Å². The van der Waals surface area contributed by atoms with Crippen LogP contribution in [0.15, 0.2) is 34.8 Å². The van der Waals surface area contributed by atoms with E-state index in [9.17, 15) is 4.79 Å². The minimum absolute atomic E-state index is 0.435. The highest BCUT2D eigenvalue weighted by atomic mass is 79.9. The Labute approximate surface area is 108 Å². The van der Waals surface area contributed by atoms with Crippen LogP contribution in [0, 0.1) is 6.92 Å². The van der Waals surface area contributed by atoms with Gasteiger partial charge in [-0.1, -0.05) is 28.1 Å². The van der Waals surface area contributed by atoms with E-state index >= 15 is 0 Å². The van der Waals surface area contributed by atoms with Gasteiger partial charge in [0, 0.05) is 16.6 Å². The summed E-state index contributed by atoms with van der Waals surface area (Å²) >= 11 is 3.39. The summed E-state index contributed by atoms with van der Waals surface area (Å²) in [4.78, 5) is 19.2. The third kappa shape index (κ3) is 3.20. The number of aromatic nitrogens is 2. The monoisotopic (exact) mass is 290 g/mol. The zero-order valence-corrected chi connectivity index (χ0v) is 10.9. The topological polar surface area (TPSA) is 42.9 Å². The summed E-state index contributed by atoms with van der Waals surface area (Å²) in [5.74, 6) is 0.675. The van der Waals surface area contributed by atoms with Crippen molar-refractivity contribution < 1.29 is 4.79 Å². The van der Waals surface area contributed by atoms with Crippen molar-refractivity contribution in [2.45, 2.75) is 13.3 Å². The van der Waals surface area contributed by atoms with Crippen molar-refractivity contribution in [1.82, 2.24) is 9.97 Å². The van der Waals surface area contributed by atoms with Crippen molar-refractivity contribution in [3.63, 3.8) is 0 Å². The van der Waals surface area contributed by atoms with Crippen LogP contribution >= 0.6 is 15.9 Å². The molecule has 0 saturated heterocycles. The zero-order valence-electron chi connectivity index (χ0n) is 9.35. The zero-order chi connectivity index (χ0) is 12.3. The van der Waals surface area contributed by atoms with Gasteiger partial charge in [0.15, 0.2) is 6.29 Å². The lowest BCUT2D eigenvalue weighted by molar-refractivity contribution is 0.111. The number of aldehydes is 1. The lowest BCUT2D eigenvalue weighted by Gasteiger charge is -2.03. The first-order chi connectivity index (χ1) is 8.17. The summed E-state index contributed by atoms with van der Waals surface area (Å²) in [6.45, 7) is 1.86. The molecule has 1 aromatic carbocycles. The second kappa shape index (κ2) is 5.19. The Morgan fingerprint density at radius 1 is 1.24 bits per heavy atom. The fraction of sp³-hybridized carbons (Fsp3) is 0.154. The summed E-state index contributed by atoms with van der Waals surface area (Å²) in [7, 11) is 0. The molecule has 2 rings (SSSR count). The van der Waals surface area contributed by atoms with Gasteiger partial charge in [-0.15, -0.1) is 0 Å². The van der Waals surface area contributed by atoms with Crippen molar-refractivity contribution in [2.24, 2.45) is 0 Å². The SMILES string of the molecule is Cc1cc(C=O)nc(Cc2ccc(Br)cc2)n1. The number of rotatable bonds is 3. The van der Waals surface area contributed by atoms with Crippen molar-refractivity contribution in [3.8, 4) is 0 Å². The Hall–Kier alpha value is -1.55. The van der Waals surface area contributed by atoms with Gasteiger partial charge >= 0.3 is 0 Å². The average molecular weight is 291 g/mol. The Bertz CT molecular complexity index is 538. The van der Waals surface area contributed by atoms with Crippen LogP contribution < -0.4 is 0 Å². The summed E-state index contributed by atoms with van der Waals surface area (Å²) in [6.07, 6.45) is 1.38. The highest BCUT2D eigenvalue weighted by molar-refractivity contribution is 9.10. The molecule has 0 saturated carbocycles. The predicted octanol–water partition coefficient (Wildman–Crippen LogP) is 2.95. The molecular weight excluding hydrogens is 280 g/mol. The number of carbonyl (C=O) groups is 1. The van der Waals surface area contributed by atoms with Gasteiger partial charge in [0.05, 0.1) is 0 Å². The second-order valence-electron chi connectivity index (χ2n) is 3.77. The largest absolute Gasteiger partial charge is 0.296 e. The van der Waals surface area contributed by atoms with E-state index in [2.05, 4.69) is 25.9 Å². The Morgan fingerprint density at radius 2 is 1.94 bits per heavy atom. The lowest BCUT2D eigenvalue weighted by atomic mass is 10.1. The Kier molecular flexibility index (Phi) is 3.64. The molecule has 0 N–H and O–H groups in total. The first-order valence-electron chi connectivity index (χ1n) is 5.21. The highest BCUT2D eigenvalue weighted by Crippen LogP contribution is 2.13. The molecule has 0 aliphatic rings.